The Morgan fingerprint density at radius 3 is 2.92 bits per heavy atom. The van der Waals surface area contributed by atoms with E-state index >= 15 is 0 Å². The van der Waals surface area contributed by atoms with Crippen molar-refractivity contribution in [3.05, 3.63) is 46.7 Å². The molecule has 1 aliphatic rings. The zero-order valence-corrected chi connectivity index (χ0v) is 14.8. The van der Waals surface area contributed by atoms with E-state index in [0.29, 0.717) is 29.6 Å². The van der Waals surface area contributed by atoms with Gasteiger partial charge in [-0.15, -0.1) is 0 Å². The van der Waals surface area contributed by atoms with Gasteiger partial charge in [-0.1, -0.05) is 23.5 Å². The fourth-order valence-corrected chi connectivity index (χ4v) is 3.43. The molecule has 25 heavy (non-hydrogen) atoms. The van der Waals surface area contributed by atoms with Gasteiger partial charge in [-0.25, -0.2) is 14.2 Å². The van der Waals surface area contributed by atoms with E-state index in [2.05, 4.69) is 10.3 Å². The summed E-state index contributed by atoms with van der Waals surface area (Å²) >= 11 is 1.19. The van der Waals surface area contributed by atoms with Gasteiger partial charge in [0.05, 0.1) is 6.20 Å². The van der Waals surface area contributed by atoms with E-state index in [-0.39, 0.29) is 23.8 Å². The highest BCUT2D eigenvalue weighted by Gasteiger charge is 2.31. The standard InChI is InChI=1S/C17H19FN4O2S/c1-11(2)20-15(23)14-9-19-16(25-14)22-7-6-21(17(22)24)10-12-4-3-5-13(18)8-12/h3-5,8-9,11H,6-7,10H2,1-2H3,(H,20,23). The second-order valence-electron chi connectivity index (χ2n) is 6.12. The van der Waals surface area contributed by atoms with Gasteiger partial charge in [0.15, 0.2) is 5.13 Å². The first kappa shape index (κ1) is 17.3. The summed E-state index contributed by atoms with van der Waals surface area (Å²) in [6.45, 7) is 5.14. The van der Waals surface area contributed by atoms with E-state index in [9.17, 15) is 14.0 Å². The fourth-order valence-electron chi connectivity index (χ4n) is 2.59. The van der Waals surface area contributed by atoms with Gasteiger partial charge >= 0.3 is 6.03 Å². The van der Waals surface area contributed by atoms with Crippen LogP contribution in [0.1, 0.15) is 29.1 Å². The number of carbonyl (C=O) groups excluding carboxylic acids is 2. The normalized spacial score (nSPS) is 14.5. The Morgan fingerprint density at radius 2 is 2.20 bits per heavy atom. The molecule has 1 aromatic heterocycles. The van der Waals surface area contributed by atoms with Crippen molar-refractivity contribution in [2.75, 3.05) is 18.0 Å². The van der Waals surface area contributed by atoms with Crippen LogP contribution >= 0.6 is 11.3 Å². The van der Waals surface area contributed by atoms with Crippen LogP contribution in [0.15, 0.2) is 30.5 Å². The Morgan fingerprint density at radius 1 is 1.40 bits per heavy atom. The van der Waals surface area contributed by atoms with Crippen molar-refractivity contribution >= 4 is 28.4 Å². The first-order valence-electron chi connectivity index (χ1n) is 8.01. The number of hydrogen-bond donors (Lipinski definition) is 1. The second kappa shape index (κ2) is 7.18. The van der Waals surface area contributed by atoms with E-state index in [1.807, 2.05) is 13.8 Å². The molecule has 8 heteroatoms. The van der Waals surface area contributed by atoms with Crippen molar-refractivity contribution in [2.45, 2.75) is 26.4 Å². The number of rotatable bonds is 5. The number of amides is 3. The molecule has 1 fully saturated rings. The maximum atomic E-state index is 13.3. The average molecular weight is 362 g/mol. The molecule has 0 aliphatic carbocycles. The lowest BCUT2D eigenvalue weighted by atomic mass is 10.2. The monoisotopic (exact) mass is 362 g/mol. The van der Waals surface area contributed by atoms with Crippen molar-refractivity contribution < 1.29 is 14.0 Å². The van der Waals surface area contributed by atoms with E-state index in [1.54, 1.807) is 21.9 Å². The third kappa shape index (κ3) is 3.96. The van der Waals surface area contributed by atoms with Crippen LogP contribution in [0.25, 0.3) is 0 Å². The largest absolute Gasteiger partial charge is 0.349 e. The summed E-state index contributed by atoms with van der Waals surface area (Å²) in [5, 5.41) is 3.30. The molecule has 0 atom stereocenters. The molecule has 1 aromatic carbocycles. The van der Waals surface area contributed by atoms with Gasteiger partial charge < -0.3 is 10.2 Å². The third-order valence-electron chi connectivity index (χ3n) is 3.73. The van der Waals surface area contributed by atoms with Gasteiger partial charge in [0.2, 0.25) is 0 Å². The summed E-state index contributed by atoms with van der Waals surface area (Å²) < 4.78 is 13.3. The van der Waals surface area contributed by atoms with Crippen LogP contribution in [0.5, 0.6) is 0 Å². The lowest BCUT2D eigenvalue weighted by molar-refractivity contribution is 0.0947. The number of anilines is 1. The lowest BCUT2D eigenvalue weighted by Crippen LogP contribution is -2.31. The van der Waals surface area contributed by atoms with E-state index < -0.39 is 0 Å². The first-order chi connectivity index (χ1) is 11.9. The second-order valence-corrected chi connectivity index (χ2v) is 7.13. The summed E-state index contributed by atoms with van der Waals surface area (Å²) in [5.74, 6) is -0.510. The number of benzene rings is 1. The molecule has 1 aliphatic heterocycles. The summed E-state index contributed by atoms with van der Waals surface area (Å²) in [6.07, 6.45) is 1.49. The van der Waals surface area contributed by atoms with E-state index in [1.165, 1.54) is 29.7 Å². The van der Waals surface area contributed by atoms with Crippen LogP contribution in [0.3, 0.4) is 0 Å². The van der Waals surface area contributed by atoms with Gasteiger partial charge in [-0.05, 0) is 31.5 Å². The number of urea groups is 1. The molecule has 6 nitrogen and oxygen atoms in total. The Bertz CT molecular complexity index is 792. The minimum Gasteiger partial charge on any atom is -0.349 e. The van der Waals surface area contributed by atoms with Crippen LogP contribution in [0.2, 0.25) is 0 Å². The van der Waals surface area contributed by atoms with Crippen molar-refractivity contribution in [2.24, 2.45) is 0 Å². The lowest BCUT2D eigenvalue weighted by Gasteiger charge is -2.17. The van der Waals surface area contributed by atoms with Gasteiger partial charge in [-0.3, -0.25) is 9.69 Å². The van der Waals surface area contributed by atoms with Crippen LogP contribution in [0, 0.1) is 5.82 Å². The van der Waals surface area contributed by atoms with Gasteiger partial charge in [0.1, 0.15) is 10.7 Å². The third-order valence-corrected chi connectivity index (χ3v) is 4.74. The highest BCUT2D eigenvalue weighted by molar-refractivity contribution is 7.17. The fraction of sp³-hybridized carbons (Fsp3) is 0.353. The molecule has 0 saturated carbocycles. The number of hydrogen-bond acceptors (Lipinski definition) is 4. The highest BCUT2D eigenvalue weighted by atomic mass is 32.1. The van der Waals surface area contributed by atoms with Gasteiger partial charge in [-0.2, -0.15) is 0 Å². The number of aromatic nitrogens is 1. The maximum Gasteiger partial charge on any atom is 0.326 e. The zero-order valence-electron chi connectivity index (χ0n) is 14.0. The average Bonchev–Trinajstić information content (AvgIpc) is 3.15. The van der Waals surface area contributed by atoms with Crippen LogP contribution in [0.4, 0.5) is 14.3 Å². The summed E-state index contributed by atoms with van der Waals surface area (Å²) in [4.78, 5) is 32.5. The van der Waals surface area contributed by atoms with Crippen LogP contribution in [-0.2, 0) is 6.54 Å². The molecule has 0 bridgehead atoms. The molecule has 3 rings (SSSR count). The van der Waals surface area contributed by atoms with Crippen molar-refractivity contribution in [3.8, 4) is 0 Å². The minimum atomic E-state index is -0.318. The number of thiazole rings is 1. The quantitative estimate of drug-likeness (QED) is 0.889. The number of carbonyl (C=O) groups is 2. The molecule has 2 heterocycles. The van der Waals surface area contributed by atoms with Crippen molar-refractivity contribution in [1.29, 1.82) is 0 Å². The minimum absolute atomic E-state index is 0.0354. The molecule has 132 valence electrons. The van der Waals surface area contributed by atoms with Crippen molar-refractivity contribution in [1.82, 2.24) is 15.2 Å². The zero-order chi connectivity index (χ0) is 18.0. The molecule has 1 saturated heterocycles. The number of halogens is 1. The van der Waals surface area contributed by atoms with E-state index in [4.69, 9.17) is 0 Å². The first-order valence-corrected chi connectivity index (χ1v) is 8.83. The maximum absolute atomic E-state index is 13.3. The molecule has 2 aromatic rings. The molecule has 0 unspecified atom stereocenters. The molecule has 1 N–H and O–H groups in total. The number of nitrogens with zero attached hydrogens (tertiary/aromatic N) is 3. The summed E-state index contributed by atoms with van der Waals surface area (Å²) in [7, 11) is 0. The predicted molar refractivity (Wildman–Crippen MR) is 94.3 cm³/mol. The molecular weight excluding hydrogens is 343 g/mol. The molecule has 3 amide bonds. The Balaban J connectivity index is 1.68. The predicted octanol–water partition coefficient (Wildman–Crippen LogP) is 2.86. The molecular formula is C17H19FN4O2S. The molecule has 0 radical (unpaired) electrons. The Hall–Kier alpha value is -2.48. The smallest absolute Gasteiger partial charge is 0.326 e. The van der Waals surface area contributed by atoms with Crippen molar-refractivity contribution in [3.63, 3.8) is 0 Å². The highest BCUT2D eigenvalue weighted by Crippen LogP contribution is 2.26. The Labute approximate surface area is 149 Å². The van der Waals surface area contributed by atoms with Gasteiger partial charge in [0.25, 0.3) is 5.91 Å². The van der Waals surface area contributed by atoms with Gasteiger partial charge in [0, 0.05) is 25.7 Å². The molecule has 0 spiro atoms. The van der Waals surface area contributed by atoms with E-state index in [0.717, 1.165) is 5.56 Å². The van der Waals surface area contributed by atoms with Crippen LogP contribution < -0.4 is 10.2 Å². The number of nitrogens with one attached hydrogen (secondary N) is 1. The van der Waals surface area contributed by atoms with Crippen LogP contribution in [-0.4, -0.2) is 41.0 Å². The Kier molecular flexibility index (Phi) is 4.98. The summed E-state index contributed by atoms with van der Waals surface area (Å²) in [6, 6.07) is 6.07. The SMILES string of the molecule is CC(C)NC(=O)c1cnc(N2CCN(Cc3cccc(F)c3)C2=O)s1. The summed E-state index contributed by atoms with van der Waals surface area (Å²) in [5.41, 5.74) is 0.742. The topological polar surface area (TPSA) is 65.5 Å².